The predicted molar refractivity (Wildman–Crippen MR) is 123 cm³/mol. The maximum atomic E-state index is 15.0. The van der Waals surface area contributed by atoms with Crippen LogP contribution in [0, 0.1) is 17.1 Å². The van der Waals surface area contributed by atoms with Crippen LogP contribution in [0.1, 0.15) is 29.9 Å². The number of anilines is 3. The molecule has 0 spiro atoms. The molecule has 0 aromatic carbocycles. The summed E-state index contributed by atoms with van der Waals surface area (Å²) < 4.78 is 38.3. The van der Waals surface area contributed by atoms with E-state index < -0.39 is 15.7 Å². The lowest BCUT2D eigenvalue weighted by atomic mass is 10.1. The number of halogens is 1. The Morgan fingerprint density at radius 3 is 2.58 bits per heavy atom. The van der Waals surface area contributed by atoms with Gasteiger partial charge in [-0.15, -0.1) is 0 Å². The molecule has 2 aliphatic rings. The zero-order valence-corrected chi connectivity index (χ0v) is 18.5. The number of nitrogens with one attached hydrogen (secondary N) is 1. The van der Waals surface area contributed by atoms with Crippen molar-refractivity contribution < 1.29 is 12.8 Å². The van der Waals surface area contributed by atoms with Gasteiger partial charge < -0.3 is 10.2 Å². The standard InChI is InChI=1S/C23H21FN6O2S/c24-19-10-18(14-27-23(19)30-5-7-33(31,32)8-6-30)20-11-17(16-1-2-16)12-22(28-20)29-21-9-15(13-25)3-4-26-21/h3-4,9-12,14,16H,1-2,5-8H2,(H,26,28,29). The zero-order chi connectivity index (χ0) is 23.0. The maximum absolute atomic E-state index is 15.0. The average molecular weight is 465 g/mol. The van der Waals surface area contributed by atoms with E-state index in [0.717, 1.165) is 18.4 Å². The maximum Gasteiger partial charge on any atom is 0.166 e. The third kappa shape index (κ3) is 4.78. The van der Waals surface area contributed by atoms with Crippen LogP contribution >= 0.6 is 0 Å². The molecule has 1 saturated carbocycles. The molecule has 0 amide bonds. The van der Waals surface area contributed by atoms with Crippen molar-refractivity contribution in [3.8, 4) is 17.3 Å². The number of rotatable bonds is 5. The predicted octanol–water partition coefficient (Wildman–Crippen LogP) is 3.41. The summed E-state index contributed by atoms with van der Waals surface area (Å²) in [7, 11) is -3.06. The molecule has 4 heterocycles. The molecule has 1 N–H and O–H groups in total. The van der Waals surface area contributed by atoms with Crippen LogP contribution in [0.5, 0.6) is 0 Å². The highest BCUT2D eigenvalue weighted by Crippen LogP contribution is 2.42. The lowest BCUT2D eigenvalue weighted by molar-refractivity contribution is 0.579. The van der Waals surface area contributed by atoms with E-state index >= 15 is 0 Å². The molecule has 2 fully saturated rings. The first-order valence-electron chi connectivity index (χ1n) is 10.7. The van der Waals surface area contributed by atoms with E-state index in [9.17, 15) is 12.8 Å². The van der Waals surface area contributed by atoms with Gasteiger partial charge in [-0.25, -0.2) is 27.8 Å². The Morgan fingerprint density at radius 2 is 1.88 bits per heavy atom. The molecule has 1 saturated heterocycles. The van der Waals surface area contributed by atoms with Gasteiger partial charge in [0.25, 0.3) is 0 Å². The van der Waals surface area contributed by atoms with Gasteiger partial charge in [-0.1, -0.05) is 0 Å². The highest BCUT2D eigenvalue weighted by molar-refractivity contribution is 7.91. The number of nitriles is 1. The number of hydrogen-bond donors (Lipinski definition) is 1. The number of nitrogens with zero attached hydrogens (tertiary/aromatic N) is 5. The van der Waals surface area contributed by atoms with Crippen LogP contribution in [0.4, 0.5) is 21.8 Å². The highest BCUT2D eigenvalue weighted by atomic mass is 32.2. The lowest BCUT2D eigenvalue weighted by Crippen LogP contribution is -2.41. The quantitative estimate of drug-likeness (QED) is 0.611. The molecule has 1 aliphatic heterocycles. The smallest absolute Gasteiger partial charge is 0.166 e. The summed E-state index contributed by atoms with van der Waals surface area (Å²) in [6, 6.07) is 10.6. The van der Waals surface area contributed by atoms with Gasteiger partial charge in [0.05, 0.1) is 28.8 Å². The number of hydrogen-bond acceptors (Lipinski definition) is 8. The first kappa shape index (κ1) is 21.3. The summed E-state index contributed by atoms with van der Waals surface area (Å²) >= 11 is 0. The molecule has 0 bridgehead atoms. The average Bonchev–Trinajstić information content (AvgIpc) is 3.65. The third-order valence-electron chi connectivity index (χ3n) is 5.80. The number of pyridine rings is 3. The minimum Gasteiger partial charge on any atom is -0.352 e. The van der Waals surface area contributed by atoms with Crippen LogP contribution < -0.4 is 10.2 Å². The second-order valence-electron chi connectivity index (χ2n) is 8.28. The van der Waals surface area contributed by atoms with Crippen molar-refractivity contribution in [3.05, 3.63) is 59.7 Å². The molecule has 1 aliphatic carbocycles. The SMILES string of the molecule is N#Cc1ccnc(Nc2cc(C3CC3)cc(-c3cnc(N4CCS(=O)(=O)CC4)c(F)c3)n2)c1. The Bertz CT molecular complexity index is 1350. The van der Waals surface area contributed by atoms with Gasteiger partial charge in [-0.3, -0.25) is 0 Å². The Kier molecular flexibility index (Phi) is 5.42. The summed E-state index contributed by atoms with van der Waals surface area (Å²) in [5.41, 5.74) is 2.70. The van der Waals surface area contributed by atoms with E-state index in [0.29, 0.717) is 34.4 Å². The largest absolute Gasteiger partial charge is 0.352 e. The van der Waals surface area contributed by atoms with Crippen LogP contribution in [0.15, 0.2) is 42.7 Å². The number of sulfone groups is 1. The topological polar surface area (TPSA) is 112 Å². The molecule has 0 radical (unpaired) electrons. The molecular weight excluding hydrogens is 443 g/mol. The van der Waals surface area contributed by atoms with Crippen molar-refractivity contribution in [1.82, 2.24) is 15.0 Å². The van der Waals surface area contributed by atoms with E-state index in [1.165, 1.54) is 6.07 Å². The third-order valence-corrected chi connectivity index (χ3v) is 7.41. The van der Waals surface area contributed by atoms with Crippen LogP contribution in [-0.4, -0.2) is 48.0 Å². The molecule has 0 atom stereocenters. The first-order chi connectivity index (χ1) is 15.9. The summed E-state index contributed by atoms with van der Waals surface area (Å²) in [6.45, 7) is 0.452. The van der Waals surface area contributed by atoms with Gasteiger partial charge in [-0.05, 0) is 54.7 Å². The lowest BCUT2D eigenvalue weighted by Gasteiger charge is -2.28. The Hall–Kier alpha value is -3.58. The van der Waals surface area contributed by atoms with Crippen LogP contribution in [0.25, 0.3) is 11.3 Å². The van der Waals surface area contributed by atoms with Gasteiger partial charge in [0.15, 0.2) is 21.5 Å². The molecule has 33 heavy (non-hydrogen) atoms. The summed E-state index contributed by atoms with van der Waals surface area (Å²) in [4.78, 5) is 14.8. The van der Waals surface area contributed by atoms with Gasteiger partial charge in [0, 0.05) is 31.0 Å². The van der Waals surface area contributed by atoms with Crippen molar-refractivity contribution >= 4 is 27.3 Å². The van der Waals surface area contributed by atoms with Gasteiger partial charge >= 0.3 is 0 Å². The number of aromatic nitrogens is 3. The molecule has 3 aromatic rings. The van der Waals surface area contributed by atoms with Gasteiger partial charge in [-0.2, -0.15) is 5.26 Å². The molecule has 3 aromatic heterocycles. The minimum atomic E-state index is -3.06. The van der Waals surface area contributed by atoms with Crippen LogP contribution in [-0.2, 0) is 9.84 Å². The van der Waals surface area contributed by atoms with Gasteiger partial charge in [0.1, 0.15) is 11.6 Å². The molecule has 8 nitrogen and oxygen atoms in total. The van der Waals surface area contributed by atoms with Crippen molar-refractivity contribution in [2.24, 2.45) is 0 Å². The summed E-state index contributed by atoms with van der Waals surface area (Å²) in [6.07, 6.45) is 5.30. The Balaban J connectivity index is 1.45. The fourth-order valence-electron chi connectivity index (χ4n) is 3.84. The first-order valence-corrected chi connectivity index (χ1v) is 12.5. The van der Waals surface area contributed by atoms with Gasteiger partial charge in [0.2, 0.25) is 0 Å². The van der Waals surface area contributed by atoms with Crippen LogP contribution in [0.2, 0.25) is 0 Å². The van der Waals surface area contributed by atoms with E-state index in [4.69, 9.17) is 5.26 Å². The highest BCUT2D eigenvalue weighted by Gasteiger charge is 2.26. The fraction of sp³-hybridized carbons (Fsp3) is 0.304. The van der Waals surface area contributed by atoms with E-state index in [-0.39, 0.29) is 30.4 Å². The Labute approximate surface area is 191 Å². The Morgan fingerprint density at radius 1 is 1.09 bits per heavy atom. The second-order valence-corrected chi connectivity index (χ2v) is 10.6. The van der Waals surface area contributed by atoms with E-state index in [1.807, 2.05) is 12.1 Å². The second kappa shape index (κ2) is 8.41. The van der Waals surface area contributed by atoms with E-state index in [1.54, 1.807) is 29.4 Å². The van der Waals surface area contributed by atoms with Crippen LogP contribution in [0.3, 0.4) is 0 Å². The molecule has 10 heteroatoms. The monoisotopic (exact) mass is 464 g/mol. The van der Waals surface area contributed by atoms with E-state index in [2.05, 4.69) is 26.3 Å². The van der Waals surface area contributed by atoms with Crippen molar-refractivity contribution in [2.45, 2.75) is 18.8 Å². The molecule has 0 unspecified atom stereocenters. The summed E-state index contributed by atoms with van der Waals surface area (Å²) in [5, 5.41) is 12.3. The molecular formula is C23H21FN6O2S. The minimum absolute atomic E-state index is 0.00305. The van der Waals surface area contributed by atoms with Crippen molar-refractivity contribution in [1.29, 1.82) is 5.26 Å². The summed E-state index contributed by atoms with van der Waals surface area (Å²) in [5.74, 6) is 1.14. The molecule has 168 valence electrons. The fourth-order valence-corrected chi connectivity index (χ4v) is 5.04. The van der Waals surface area contributed by atoms with Crippen molar-refractivity contribution in [3.63, 3.8) is 0 Å². The molecule has 5 rings (SSSR count). The normalized spacial score (nSPS) is 17.4. The zero-order valence-electron chi connectivity index (χ0n) is 17.7. The van der Waals surface area contributed by atoms with Crippen molar-refractivity contribution in [2.75, 3.05) is 34.8 Å².